The summed E-state index contributed by atoms with van der Waals surface area (Å²) in [6, 6.07) is 19.3. The van der Waals surface area contributed by atoms with E-state index in [0.717, 1.165) is 22.1 Å². The Kier molecular flexibility index (Phi) is 5.83. The van der Waals surface area contributed by atoms with Crippen LogP contribution in [0.2, 0.25) is 0 Å². The van der Waals surface area contributed by atoms with Crippen molar-refractivity contribution < 1.29 is 14.2 Å². The van der Waals surface area contributed by atoms with Gasteiger partial charge in [0.05, 0.1) is 23.9 Å². The van der Waals surface area contributed by atoms with E-state index in [2.05, 4.69) is 4.98 Å². The minimum Gasteiger partial charge on any atom is -0.496 e. The molecule has 0 unspecified atom stereocenters. The van der Waals surface area contributed by atoms with Crippen LogP contribution < -0.4 is 19.9 Å². The Bertz CT molecular complexity index is 1470. The molecule has 0 aliphatic carbocycles. The quantitative estimate of drug-likeness (QED) is 0.345. The first kappa shape index (κ1) is 22.2. The van der Waals surface area contributed by atoms with E-state index in [0.29, 0.717) is 34.9 Å². The molecule has 0 saturated heterocycles. The predicted molar refractivity (Wildman–Crippen MR) is 133 cm³/mol. The highest BCUT2D eigenvalue weighted by Crippen LogP contribution is 2.40. The van der Waals surface area contributed by atoms with Gasteiger partial charge in [-0.25, -0.2) is 4.90 Å². The lowest BCUT2D eigenvalue weighted by atomic mass is 9.96. The van der Waals surface area contributed by atoms with Crippen molar-refractivity contribution in [3.63, 3.8) is 0 Å². The Labute approximate surface area is 201 Å². The molecular formula is C26H25N4O3S+. The molecule has 2 heterocycles. The molecule has 8 heteroatoms. The normalized spacial score (nSPS) is 14.6. The largest absolute Gasteiger partial charge is 0.496 e. The molecule has 3 aromatic carbocycles. The summed E-state index contributed by atoms with van der Waals surface area (Å²) >= 11 is 1.35. The smallest absolute Gasteiger partial charge is 0.325 e. The number of ether oxygens (including phenoxy) is 1. The number of nitrogens with one attached hydrogen (secondary N) is 1. The van der Waals surface area contributed by atoms with Gasteiger partial charge in [-0.05, 0) is 47.0 Å². The Morgan fingerprint density at radius 2 is 1.85 bits per heavy atom. The van der Waals surface area contributed by atoms with Crippen molar-refractivity contribution in [2.45, 2.75) is 31.1 Å². The van der Waals surface area contributed by atoms with Crippen LogP contribution in [-0.4, -0.2) is 29.4 Å². The summed E-state index contributed by atoms with van der Waals surface area (Å²) in [4.78, 5) is 31.6. The Balaban J connectivity index is 1.89. The number of carbonyl (C=O) groups excluding carboxylic acids is 1. The Hall–Kier alpha value is -3.65. The number of benzene rings is 3. The lowest BCUT2D eigenvalue weighted by Crippen LogP contribution is -2.61. The fourth-order valence-corrected chi connectivity index (χ4v) is 5.01. The summed E-state index contributed by atoms with van der Waals surface area (Å²) in [6.45, 7) is 1.99. The van der Waals surface area contributed by atoms with E-state index < -0.39 is 6.17 Å². The highest BCUT2D eigenvalue weighted by atomic mass is 32.2. The number of para-hydroxylation sites is 1. The number of aromatic nitrogens is 3. The van der Waals surface area contributed by atoms with Crippen LogP contribution in [0.25, 0.3) is 22.0 Å². The molecule has 0 spiro atoms. The van der Waals surface area contributed by atoms with Crippen molar-refractivity contribution >= 4 is 34.1 Å². The average Bonchev–Trinajstić information content (AvgIpc) is 2.87. The van der Waals surface area contributed by atoms with Gasteiger partial charge in [0.15, 0.2) is 0 Å². The van der Waals surface area contributed by atoms with Gasteiger partial charge in [-0.2, -0.15) is 0 Å². The molecule has 1 atom stereocenters. The van der Waals surface area contributed by atoms with Gasteiger partial charge in [-0.1, -0.05) is 55.1 Å². The van der Waals surface area contributed by atoms with E-state index in [9.17, 15) is 9.59 Å². The standard InChI is InChI=1S/C26H24N4O3S/c1-4-9-22(31)29-20-13-8-7-12-19(20)23-24(32)27-26(34-3)28-30(23)25(29)18-14-15-21(33-2)17-11-6-5-10-16(17)18/h5-8,10-15,25H,4,9H2,1-3H3/p+1/t25-/m1/s1. The lowest BCUT2D eigenvalue weighted by molar-refractivity contribution is -0.762. The number of nitrogens with zero attached hydrogens (tertiary/aromatic N) is 3. The van der Waals surface area contributed by atoms with Gasteiger partial charge < -0.3 is 4.74 Å². The summed E-state index contributed by atoms with van der Waals surface area (Å²) < 4.78 is 7.31. The second kappa shape index (κ2) is 8.95. The van der Waals surface area contributed by atoms with Crippen LogP contribution in [0.5, 0.6) is 5.75 Å². The number of thioether (sulfide) groups is 1. The van der Waals surface area contributed by atoms with Gasteiger partial charge in [-0.3, -0.25) is 14.6 Å². The third kappa shape index (κ3) is 3.45. The third-order valence-corrected chi connectivity index (χ3v) is 6.67. The fraction of sp³-hybridized carbons (Fsp3) is 0.231. The average molecular weight is 474 g/mol. The third-order valence-electron chi connectivity index (χ3n) is 6.10. The summed E-state index contributed by atoms with van der Waals surface area (Å²) in [5, 5.41) is 7.14. The summed E-state index contributed by atoms with van der Waals surface area (Å²) in [7, 11) is 1.64. The number of methoxy groups -OCH3 is 1. The fourth-order valence-electron chi connectivity index (χ4n) is 4.65. The van der Waals surface area contributed by atoms with Gasteiger partial charge in [0, 0.05) is 16.9 Å². The van der Waals surface area contributed by atoms with E-state index in [1.165, 1.54) is 11.8 Å². The molecule has 1 amide bonds. The maximum atomic E-state index is 13.6. The second-order valence-electron chi connectivity index (χ2n) is 8.06. The highest BCUT2D eigenvalue weighted by molar-refractivity contribution is 7.98. The first-order valence-corrected chi connectivity index (χ1v) is 12.4. The van der Waals surface area contributed by atoms with Crippen molar-refractivity contribution in [3.8, 4) is 17.0 Å². The van der Waals surface area contributed by atoms with Crippen molar-refractivity contribution in [1.29, 1.82) is 0 Å². The molecule has 0 radical (unpaired) electrons. The molecule has 0 saturated carbocycles. The van der Waals surface area contributed by atoms with Crippen LogP contribution in [0.15, 0.2) is 70.6 Å². The molecule has 1 aliphatic heterocycles. The number of amides is 1. The lowest BCUT2D eigenvalue weighted by Gasteiger charge is -2.32. The minimum absolute atomic E-state index is 0.0224. The number of anilines is 1. The van der Waals surface area contributed by atoms with Crippen molar-refractivity contribution in [3.05, 3.63) is 76.6 Å². The molecule has 34 heavy (non-hydrogen) atoms. The monoisotopic (exact) mass is 473 g/mol. The minimum atomic E-state index is -0.632. The maximum Gasteiger partial charge on any atom is 0.325 e. The summed E-state index contributed by atoms with van der Waals surface area (Å²) in [6.07, 6.45) is 2.32. The SMILES string of the molecule is CCCC(=O)N1c2ccccc2-c2c(=O)[nH]c(SC)n[n+]2[C@@H]1c1ccc(OC)c2ccccc12. The van der Waals surface area contributed by atoms with Gasteiger partial charge in [0.25, 0.3) is 6.17 Å². The molecule has 172 valence electrons. The number of fused-ring (bicyclic) bond motifs is 4. The van der Waals surface area contributed by atoms with Crippen LogP contribution >= 0.6 is 11.8 Å². The van der Waals surface area contributed by atoms with E-state index in [1.807, 2.05) is 73.8 Å². The molecule has 5 rings (SSSR count). The zero-order chi connectivity index (χ0) is 23.8. The first-order chi connectivity index (χ1) is 16.6. The summed E-state index contributed by atoms with van der Waals surface area (Å²) in [5.41, 5.74) is 2.44. The highest BCUT2D eigenvalue weighted by Gasteiger charge is 2.46. The van der Waals surface area contributed by atoms with E-state index >= 15 is 0 Å². The van der Waals surface area contributed by atoms with E-state index in [-0.39, 0.29) is 11.5 Å². The molecule has 1 aromatic heterocycles. The number of carbonyl (C=O) groups is 1. The Morgan fingerprint density at radius 3 is 2.59 bits per heavy atom. The molecule has 0 fully saturated rings. The maximum absolute atomic E-state index is 13.6. The number of hydrogen-bond acceptors (Lipinski definition) is 5. The topological polar surface area (TPSA) is 79.2 Å². The Morgan fingerprint density at radius 1 is 1.12 bits per heavy atom. The number of H-pyrrole nitrogens is 1. The number of hydrogen-bond donors (Lipinski definition) is 1. The van der Waals surface area contributed by atoms with Crippen LogP contribution in [0.1, 0.15) is 31.5 Å². The van der Waals surface area contributed by atoms with E-state index in [4.69, 9.17) is 9.84 Å². The van der Waals surface area contributed by atoms with Crippen molar-refractivity contribution in [2.75, 3.05) is 18.3 Å². The van der Waals surface area contributed by atoms with Crippen LogP contribution in [0.4, 0.5) is 5.69 Å². The number of aromatic amines is 1. The van der Waals surface area contributed by atoms with Gasteiger partial charge in [-0.15, -0.1) is 0 Å². The predicted octanol–water partition coefficient (Wildman–Crippen LogP) is 4.30. The molecule has 1 aliphatic rings. The molecular weight excluding hydrogens is 448 g/mol. The van der Waals surface area contributed by atoms with E-state index in [1.54, 1.807) is 16.7 Å². The van der Waals surface area contributed by atoms with Gasteiger partial charge in [0.2, 0.25) is 11.1 Å². The molecule has 1 N–H and O–H groups in total. The van der Waals surface area contributed by atoms with Gasteiger partial charge in [0.1, 0.15) is 5.75 Å². The van der Waals surface area contributed by atoms with Crippen LogP contribution in [0, 0.1) is 0 Å². The molecule has 7 nitrogen and oxygen atoms in total. The van der Waals surface area contributed by atoms with Crippen LogP contribution in [-0.2, 0) is 4.79 Å². The van der Waals surface area contributed by atoms with Crippen molar-refractivity contribution in [2.24, 2.45) is 0 Å². The molecule has 4 aromatic rings. The van der Waals surface area contributed by atoms with Crippen LogP contribution in [0.3, 0.4) is 0 Å². The zero-order valence-electron chi connectivity index (χ0n) is 19.2. The first-order valence-electron chi connectivity index (χ1n) is 11.2. The van der Waals surface area contributed by atoms with Gasteiger partial charge >= 0.3 is 11.3 Å². The number of rotatable bonds is 5. The molecule has 0 bridgehead atoms. The van der Waals surface area contributed by atoms with Crippen molar-refractivity contribution in [1.82, 2.24) is 10.1 Å². The summed E-state index contributed by atoms with van der Waals surface area (Å²) in [5.74, 6) is 0.724. The zero-order valence-corrected chi connectivity index (χ0v) is 20.1. The second-order valence-corrected chi connectivity index (χ2v) is 8.86.